The Hall–Kier alpha value is -2.14. The highest BCUT2D eigenvalue weighted by molar-refractivity contribution is 5.91. The van der Waals surface area contributed by atoms with Crippen molar-refractivity contribution in [1.82, 2.24) is 0 Å². The van der Waals surface area contributed by atoms with Crippen molar-refractivity contribution in [2.75, 3.05) is 7.11 Å². The molecule has 0 aromatic heterocycles. The van der Waals surface area contributed by atoms with Crippen LogP contribution in [-0.4, -0.2) is 36.4 Å². The summed E-state index contributed by atoms with van der Waals surface area (Å²) in [7, 11) is 1.30. The summed E-state index contributed by atoms with van der Waals surface area (Å²) in [5, 5.41) is 10.6. The Kier molecular flexibility index (Phi) is 6.98. The molecule has 2 atom stereocenters. The van der Waals surface area contributed by atoms with Gasteiger partial charge in [0.15, 0.2) is 0 Å². The Morgan fingerprint density at radius 3 is 2.69 bits per heavy atom. The van der Waals surface area contributed by atoms with Crippen molar-refractivity contribution in [3.05, 3.63) is 46.6 Å². The van der Waals surface area contributed by atoms with Crippen LogP contribution in [0.15, 0.2) is 46.6 Å². The van der Waals surface area contributed by atoms with Gasteiger partial charge >= 0.3 is 11.9 Å². The lowest BCUT2D eigenvalue weighted by Gasteiger charge is -2.18. The fraction of sp³-hybridized carbons (Fsp3) is 0.524. The van der Waals surface area contributed by atoms with Crippen LogP contribution >= 0.6 is 0 Å². The number of carbonyl (C=O) groups is 2. The molecular weight excluding hydrogens is 332 g/mol. The molecule has 0 fully saturated rings. The summed E-state index contributed by atoms with van der Waals surface area (Å²) in [6, 6.07) is 0. The highest BCUT2D eigenvalue weighted by atomic mass is 16.5. The molecule has 0 spiro atoms. The Morgan fingerprint density at radius 1 is 1.31 bits per heavy atom. The maximum Gasteiger partial charge on any atom is 0.336 e. The minimum Gasteiger partial charge on any atom is -0.466 e. The van der Waals surface area contributed by atoms with Crippen LogP contribution in [0.5, 0.6) is 0 Å². The molecular formula is C21H28O5. The van der Waals surface area contributed by atoms with Gasteiger partial charge in [-0.15, -0.1) is 0 Å². The average Bonchev–Trinajstić information content (AvgIpc) is 2.92. The Morgan fingerprint density at radius 2 is 2.04 bits per heavy atom. The number of aliphatic hydroxyl groups is 1. The van der Waals surface area contributed by atoms with E-state index in [1.807, 2.05) is 25.2 Å². The van der Waals surface area contributed by atoms with Gasteiger partial charge in [-0.3, -0.25) is 0 Å². The van der Waals surface area contributed by atoms with Crippen molar-refractivity contribution in [3.8, 4) is 0 Å². The van der Waals surface area contributed by atoms with Gasteiger partial charge in [-0.05, 0) is 38.2 Å². The lowest BCUT2D eigenvalue weighted by molar-refractivity contribution is -0.139. The zero-order valence-corrected chi connectivity index (χ0v) is 16.0. The molecule has 0 saturated heterocycles. The lowest BCUT2D eigenvalue weighted by Crippen LogP contribution is -2.21. The third-order valence-corrected chi connectivity index (χ3v) is 4.74. The normalized spacial score (nSPS) is 30.8. The minimum absolute atomic E-state index is 0.233. The van der Waals surface area contributed by atoms with Crippen LogP contribution in [0.3, 0.4) is 0 Å². The molecule has 5 heteroatoms. The molecule has 0 aromatic carbocycles. The molecule has 1 aliphatic heterocycles. The third kappa shape index (κ3) is 5.18. The second kappa shape index (κ2) is 8.99. The van der Waals surface area contributed by atoms with E-state index in [4.69, 9.17) is 9.47 Å². The monoisotopic (exact) mass is 360 g/mol. The van der Waals surface area contributed by atoms with Gasteiger partial charge in [0.2, 0.25) is 0 Å². The number of rotatable bonds is 2. The molecule has 1 N–H and O–H groups in total. The summed E-state index contributed by atoms with van der Waals surface area (Å²) in [4.78, 5) is 24.1. The molecule has 0 radical (unpaired) electrons. The van der Waals surface area contributed by atoms with Crippen LogP contribution in [0.1, 0.15) is 46.5 Å². The zero-order chi connectivity index (χ0) is 19.3. The van der Waals surface area contributed by atoms with Gasteiger partial charge in [-0.2, -0.15) is 0 Å². The third-order valence-electron chi connectivity index (χ3n) is 4.74. The van der Waals surface area contributed by atoms with Crippen LogP contribution in [0.2, 0.25) is 0 Å². The van der Waals surface area contributed by atoms with E-state index in [9.17, 15) is 14.7 Å². The van der Waals surface area contributed by atoms with E-state index >= 15 is 0 Å². The van der Waals surface area contributed by atoms with Crippen molar-refractivity contribution in [2.45, 2.75) is 58.7 Å². The summed E-state index contributed by atoms with van der Waals surface area (Å²) in [6.45, 7) is 6.11. The van der Waals surface area contributed by atoms with Crippen LogP contribution in [0.25, 0.3) is 0 Å². The Balaban J connectivity index is 2.39. The number of hydrogen-bond acceptors (Lipinski definition) is 5. The van der Waals surface area contributed by atoms with Crippen LogP contribution in [0, 0.1) is 5.92 Å². The highest BCUT2D eigenvalue weighted by Crippen LogP contribution is 2.26. The van der Waals surface area contributed by atoms with E-state index in [0.29, 0.717) is 31.3 Å². The van der Waals surface area contributed by atoms with Gasteiger partial charge in [0.1, 0.15) is 6.10 Å². The summed E-state index contributed by atoms with van der Waals surface area (Å²) in [5.41, 5.74) is 2.99. The van der Waals surface area contributed by atoms with E-state index in [0.717, 1.165) is 11.1 Å². The van der Waals surface area contributed by atoms with Gasteiger partial charge in [0.05, 0.1) is 18.8 Å². The van der Waals surface area contributed by atoms with Gasteiger partial charge in [-0.25, -0.2) is 9.59 Å². The van der Waals surface area contributed by atoms with Crippen LogP contribution in [-0.2, 0) is 19.1 Å². The van der Waals surface area contributed by atoms with Crippen molar-refractivity contribution < 1.29 is 24.2 Å². The second-order valence-corrected chi connectivity index (χ2v) is 7.16. The molecule has 0 saturated carbocycles. The standard InChI is InChI=1S/C21H28O5/c1-13(2)15-9-8-14(3)10-17-11-16(20(23)26-17)6-5-7-18(19(22)12-15)21(24)25-4/h7-9,11,13,17,19,22H,5-6,10,12H2,1-4H3/b14-8-,15-9+,18-7+/t17-,19-/m0/s1. The molecule has 26 heavy (non-hydrogen) atoms. The first kappa shape index (κ1) is 20.2. The summed E-state index contributed by atoms with van der Waals surface area (Å²) in [6.07, 6.45) is 8.30. The number of ether oxygens (including phenoxy) is 2. The molecule has 2 bridgehead atoms. The Bertz CT molecular complexity index is 679. The fourth-order valence-corrected chi connectivity index (χ4v) is 3.15. The smallest absolute Gasteiger partial charge is 0.336 e. The maximum atomic E-state index is 12.1. The Labute approximate surface area is 155 Å². The SMILES string of the molecule is COC(=O)/C1=C/CCC2=C[C@H](C/C(C)=C\C=C(\C(C)C)C[C@@H]1O)OC2=O. The number of hydrogen-bond donors (Lipinski definition) is 1. The molecule has 0 aromatic rings. The van der Waals surface area contributed by atoms with E-state index in [1.54, 1.807) is 6.08 Å². The maximum absolute atomic E-state index is 12.1. The van der Waals surface area contributed by atoms with Crippen molar-refractivity contribution in [1.29, 1.82) is 0 Å². The fourth-order valence-electron chi connectivity index (χ4n) is 3.15. The van der Waals surface area contributed by atoms with Crippen molar-refractivity contribution in [2.24, 2.45) is 5.92 Å². The van der Waals surface area contributed by atoms with E-state index < -0.39 is 12.1 Å². The molecule has 2 aliphatic rings. The number of carbonyl (C=O) groups excluding carboxylic acids is 2. The van der Waals surface area contributed by atoms with Crippen molar-refractivity contribution in [3.63, 3.8) is 0 Å². The quantitative estimate of drug-likeness (QED) is 0.764. The number of fused-ring (bicyclic) bond motifs is 1. The number of methoxy groups -OCH3 is 1. The zero-order valence-electron chi connectivity index (χ0n) is 16.0. The van der Waals surface area contributed by atoms with E-state index in [-0.39, 0.29) is 23.6 Å². The predicted molar refractivity (Wildman–Crippen MR) is 99.2 cm³/mol. The van der Waals surface area contributed by atoms with Crippen LogP contribution in [0.4, 0.5) is 0 Å². The molecule has 1 heterocycles. The van der Waals surface area contributed by atoms with E-state index in [1.165, 1.54) is 7.11 Å². The molecule has 142 valence electrons. The molecule has 5 nitrogen and oxygen atoms in total. The molecule has 1 aliphatic carbocycles. The second-order valence-electron chi connectivity index (χ2n) is 7.16. The first-order chi connectivity index (χ1) is 12.3. The van der Waals surface area contributed by atoms with Gasteiger partial charge in [0.25, 0.3) is 0 Å². The summed E-state index contributed by atoms with van der Waals surface area (Å²) in [5.74, 6) is -0.610. The first-order valence-electron chi connectivity index (χ1n) is 9.06. The average molecular weight is 360 g/mol. The number of esters is 2. The lowest BCUT2D eigenvalue weighted by atomic mass is 9.92. The highest BCUT2D eigenvalue weighted by Gasteiger charge is 2.26. The van der Waals surface area contributed by atoms with Gasteiger partial charge in [0, 0.05) is 12.0 Å². The summed E-state index contributed by atoms with van der Waals surface area (Å²) >= 11 is 0. The number of aliphatic hydroxyl groups excluding tert-OH is 1. The largest absolute Gasteiger partial charge is 0.466 e. The molecule has 0 unspecified atom stereocenters. The van der Waals surface area contributed by atoms with Crippen LogP contribution < -0.4 is 0 Å². The van der Waals surface area contributed by atoms with Gasteiger partial charge < -0.3 is 14.6 Å². The first-order valence-corrected chi connectivity index (χ1v) is 9.06. The number of allylic oxidation sites excluding steroid dienone is 3. The van der Waals surface area contributed by atoms with Gasteiger partial charge in [-0.1, -0.05) is 43.2 Å². The van der Waals surface area contributed by atoms with Crippen molar-refractivity contribution >= 4 is 11.9 Å². The predicted octanol–water partition coefficient (Wildman–Crippen LogP) is 3.40. The van der Waals surface area contributed by atoms with E-state index in [2.05, 4.69) is 13.8 Å². The minimum atomic E-state index is -0.940. The topological polar surface area (TPSA) is 72.8 Å². The molecule has 0 amide bonds. The molecule has 2 rings (SSSR count). The summed E-state index contributed by atoms with van der Waals surface area (Å²) < 4.78 is 10.2.